The van der Waals surface area contributed by atoms with Gasteiger partial charge in [-0.2, -0.15) is 0 Å². The summed E-state index contributed by atoms with van der Waals surface area (Å²) >= 11 is 9.14. The van der Waals surface area contributed by atoms with Crippen molar-refractivity contribution in [3.05, 3.63) is 51.6 Å². The van der Waals surface area contributed by atoms with Crippen molar-refractivity contribution in [2.75, 3.05) is 5.32 Å². The quantitative estimate of drug-likeness (QED) is 0.860. The molecule has 1 heterocycles. The van der Waals surface area contributed by atoms with Crippen molar-refractivity contribution in [3.63, 3.8) is 0 Å². The fourth-order valence-electron chi connectivity index (χ4n) is 1.48. The van der Waals surface area contributed by atoms with Gasteiger partial charge in [-0.05, 0) is 47.1 Å². The maximum atomic E-state index is 13.5. The van der Waals surface area contributed by atoms with Gasteiger partial charge in [-0.1, -0.05) is 17.7 Å². The number of hydrogen-bond donors (Lipinski definition) is 1. The molecule has 1 N–H and O–H groups in total. The minimum atomic E-state index is -0.380. The van der Waals surface area contributed by atoms with Gasteiger partial charge in [-0.3, -0.25) is 0 Å². The molecule has 1 atom stereocenters. The lowest BCUT2D eigenvalue weighted by Gasteiger charge is -2.14. The molecule has 0 saturated carbocycles. The van der Waals surface area contributed by atoms with Crippen molar-refractivity contribution >= 4 is 33.2 Å². The van der Waals surface area contributed by atoms with E-state index in [2.05, 4.69) is 21.2 Å². The average molecular weight is 319 g/mol. The van der Waals surface area contributed by atoms with Gasteiger partial charge in [0.1, 0.15) is 11.6 Å². The molecule has 0 spiro atoms. The first kappa shape index (κ1) is 12.5. The van der Waals surface area contributed by atoms with Gasteiger partial charge in [0.05, 0.1) is 16.8 Å². The summed E-state index contributed by atoms with van der Waals surface area (Å²) in [5.74, 6) is 0.325. The Hall–Kier alpha value is -1.000. The second-order valence-electron chi connectivity index (χ2n) is 3.60. The van der Waals surface area contributed by atoms with Crippen LogP contribution in [-0.4, -0.2) is 0 Å². The van der Waals surface area contributed by atoms with Gasteiger partial charge >= 0.3 is 0 Å². The Balaban J connectivity index is 2.21. The van der Waals surface area contributed by atoms with Crippen molar-refractivity contribution in [1.82, 2.24) is 0 Å². The molecule has 0 fully saturated rings. The van der Waals surface area contributed by atoms with E-state index in [1.807, 2.05) is 13.0 Å². The van der Waals surface area contributed by atoms with Crippen molar-refractivity contribution < 1.29 is 8.81 Å². The molecule has 17 heavy (non-hydrogen) atoms. The highest BCUT2D eigenvalue weighted by molar-refractivity contribution is 9.10. The molecule has 2 aromatic rings. The van der Waals surface area contributed by atoms with Gasteiger partial charge < -0.3 is 9.73 Å². The van der Waals surface area contributed by atoms with E-state index in [9.17, 15) is 4.39 Å². The summed E-state index contributed by atoms with van der Waals surface area (Å²) in [7, 11) is 0. The topological polar surface area (TPSA) is 25.2 Å². The molecule has 1 aromatic heterocycles. The van der Waals surface area contributed by atoms with Gasteiger partial charge in [-0.25, -0.2) is 4.39 Å². The van der Waals surface area contributed by atoms with Gasteiger partial charge in [-0.15, -0.1) is 0 Å². The van der Waals surface area contributed by atoms with Crippen molar-refractivity contribution in [2.24, 2.45) is 0 Å². The predicted octanol–water partition coefficient (Wildman–Crippen LogP) is 5.01. The second-order valence-corrected chi connectivity index (χ2v) is 4.79. The number of anilines is 1. The van der Waals surface area contributed by atoms with Crippen LogP contribution in [0, 0.1) is 5.82 Å². The SMILES string of the molecule is CC(Nc1c(F)cccc1Cl)c1ccc(Br)o1. The summed E-state index contributed by atoms with van der Waals surface area (Å²) in [6.45, 7) is 1.87. The number of hydrogen-bond acceptors (Lipinski definition) is 2. The van der Waals surface area contributed by atoms with Crippen molar-refractivity contribution in [1.29, 1.82) is 0 Å². The zero-order valence-electron chi connectivity index (χ0n) is 9.01. The first-order chi connectivity index (χ1) is 8.08. The molecule has 0 aliphatic carbocycles. The predicted molar refractivity (Wildman–Crippen MR) is 69.9 cm³/mol. The van der Waals surface area contributed by atoms with Crippen LogP contribution in [0.1, 0.15) is 18.7 Å². The van der Waals surface area contributed by atoms with Gasteiger partial charge in [0.15, 0.2) is 4.67 Å². The van der Waals surface area contributed by atoms with Crippen LogP contribution in [0.15, 0.2) is 39.4 Å². The molecular formula is C12H10BrClFNO. The van der Waals surface area contributed by atoms with Gasteiger partial charge in [0.2, 0.25) is 0 Å². The molecule has 2 rings (SSSR count). The van der Waals surface area contributed by atoms with Crippen LogP contribution < -0.4 is 5.32 Å². The van der Waals surface area contributed by atoms with Crippen LogP contribution >= 0.6 is 27.5 Å². The highest BCUT2D eigenvalue weighted by atomic mass is 79.9. The monoisotopic (exact) mass is 317 g/mol. The molecule has 0 radical (unpaired) electrons. The largest absolute Gasteiger partial charge is 0.452 e. The molecule has 5 heteroatoms. The minimum absolute atomic E-state index is 0.171. The summed E-state index contributed by atoms with van der Waals surface area (Å²) < 4.78 is 19.6. The molecule has 1 unspecified atom stereocenters. The van der Waals surface area contributed by atoms with E-state index in [1.54, 1.807) is 18.2 Å². The normalized spacial score (nSPS) is 12.5. The Kier molecular flexibility index (Phi) is 3.74. The van der Waals surface area contributed by atoms with E-state index in [0.29, 0.717) is 15.5 Å². The molecule has 0 amide bonds. The third-order valence-corrected chi connectivity index (χ3v) is 3.09. The maximum absolute atomic E-state index is 13.5. The van der Waals surface area contributed by atoms with E-state index in [1.165, 1.54) is 6.07 Å². The van der Waals surface area contributed by atoms with Crippen LogP contribution in [-0.2, 0) is 0 Å². The number of rotatable bonds is 3. The summed E-state index contributed by atoms with van der Waals surface area (Å²) in [5.41, 5.74) is 0.286. The molecule has 2 nitrogen and oxygen atoms in total. The summed E-state index contributed by atoms with van der Waals surface area (Å²) in [4.78, 5) is 0. The Morgan fingerprint density at radius 2 is 2.12 bits per heavy atom. The molecular weight excluding hydrogens is 308 g/mol. The highest BCUT2D eigenvalue weighted by Crippen LogP contribution is 2.29. The number of para-hydroxylation sites is 1. The standard InChI is InChI=1S/C12H10BrClFNO/c1-7(10-5-6-11(13)17-10)16-12-8(14)3-2-4-9(12)15/h2-7,16H,1H3. The van der Waals surface area contributed by atoms with Crippen LogP contribution in [0.4, 0.5) is 10.1 Å². The smallest absolute Gasteiger partial charge is 0.169 e. The summed E-state index contributed by atoms with van der Waals surface area (Å²) in [6.07, 6.45) is 0. The number of halogens is 3. The summed E-state index contributed by atoms with van der Waals surface area (Å²) in [6, 6.07) is 8.00. The lowest BCUT2D eigenvalue weighted by Crippen LogP contribution is -2.07. The lowest BCUT2D eigenvalue weighted by atomic mass is 10.2. The first-order valence-corrected chi connectivity index (χ1v) is 6.21. The van der Waals surface area contributed by atoms with E-state index < -0.39 is 0 Å². The molecule has 0 bridgehead atoms. The Labute approximate surface area is 112 Å². The van der Waals surface area contributed by atoms with E-state index >= 15 is 0 Å². The number of nitrogens with one attached hydrogen (secondary N) is 1. The molecule has 90 valence electrons. The van der Waals surface area contributed by atoms with Crippen molar-refractivity contribution in [3.8, 4) is 0 Å². The average Bonchev–Trinajstić information content (AvgIpc) is 2.70. The van der Waals surface area contributed by atoms with E-state index in [4.69, 9.17) is 16.0 Å². The fraction of sp³-hybridized carbons (Fsp3) is 0.167. The maximum Gasteiger partial charge on any atom is 0.169 e. The third kappa shape index (κ3) is 2.82. The molecule has 0 aliphatic heterocycles. The Morgan fingerprint density at radius 1 is 1.35 bits per heavy atom. The third-order valence-electron chi connectivity index (χ3n) is 2.34. The van der Waals surface area contributed by atoms with E-state index in [-0.39, 0.29) is 17.5 Å². The Bertz CT molecular complexity index is 509. The molecule has 0 saturated heterocycles. The van der Waals surface area contributed by atoms with Gasteiger partial charge in [0, 0.05) is 0 Å². The summed E-state index contributed by atoms with van der Waals surface area (Å²) in [5, 5.41) is 3.34. The highest BCUT2D eigenvalue weighted by Gasteiger charge is 2.14. The number of benzene rings is 1. The minimum Gasteiger partial charge on any atom is -0.452 e. The Morgan fingerprint density at radius 3 is 2.71 bits per heavy atom. The van der Waals surface area contributed by atoms with Crippen LogP contribution in [0.25, 0.3) is 0 Å². The lowest BCUT2D eigenvalue weighted by molar-refractivity contribution is 0.470. The van der Waals surface area contributed by atoms with Crippen LogP contribution in [0.5, 0.6) is 0 Å². The second kappa shape index (κ2) is 5.10. The van der Waals surface area contributed by atoms with Crippen LogP contribution in [0.2, 0.25) is 5.02 Å². The molecule has 1 aromatic carbocycles. The first-order valence-electron chi connectivity index (χ1n) is 5.03. The molecule has 0 aliphatic rings. The van der Waals surface area contributed by atoms with Crippen LogP contribution in [0.3, 0.4) is 0 Å². The van der Waals surface area contributed by atoms with E-state index in [0.717, 1.165) is 0 Å². The zero-order chi connectivity index (χ0) is 12.4. The number of furan rings is 1. The fourth-order valence-corrected chi connectivity index (χ4v) is 2.02. The van der Waals surface area contributed by atoms with Gasteiger partial charge in [0.25, 0.3) is 0 Å². The van der Waals surface area contributed by atoms with Crippen molar-refractivity contribution in [2.45, 2.75) is 13.0 Å². The zero-order valence-corrected chi connectivity index (χ0v) is 11.3.